The van der Waals surface area contributed by atoms with E-state index in [4.69, 9.17) is 14.5 Å². The quantitative estimate of drug-likeness (QED) is 0.0880. The van der Waals surface area contributed by atoms with Crippen molar-refractivity contribution in [2.45, 2.75) is 77.8 Å². The molecule has 0 bridgehead atoms. The van der Waals surface area contributed by atoms with Crippen molar-refractivity contribution in [3.05, 3.63) is 118 Å². The van der Waals surface area contributed by atoms with Crippen LogP contribution in [-0.2, 0) is 49.0 Å². The Hall–Kier alpha value is -7.03. The van der Waals surface area contributed by atoms with Gasteiger partial charge in [-0.05, 0) is 65.8 Å². The summed E-state index contributed by atoms with van der Waals surface area (Å²) < 4.78 is 13.1. The monoisotopic (exact) mass is 814 g/mol. The fourth-order valence-corrected chi connectivity index (χ4v) is 7.62. The third-order valence-corrected chi connectivity index (χ3v) is 10.9. The van der Waals surface area contributed by atoms with E-state index in [1.807, 2.05) is 67.6 Å². The van der Waals surface area contributed by atoms with Crippen molar-refractivity contribution in [1.82, 2.24) is 25.5 Å². The normalized spacial score (nSPS) is 16.1. The standard InChI is InChI=1S/C45H46N6O9/c1-5-18-46-43(57)47-31-12-9-11-28(21-31)27-16-14-26(15-17-27)19-35(40(53)54)49-44(58)50-37(25(3)4)41(55)60-45(6-2)33-22-36-38-30(20-29-10-7-8-13-34(29)48-38)23-51(36)39(52)32(33)24-59-42(45)56/h7-17,20-22,25,35,37H,5-6,18-19,23-24H2,1-4H3,(H,53,54)(H2,46,47,57)(H2,49,50,58)/t35?,37-,45+/m1/s1. The molecule has 5 aromatic rings. The predicted molar refractivity (Wildman–Crippen MR) is 223 cm³/mol. The largest absolute Gasteiger partial charge is 0.480 e. The number of ether oxygens (including phenoxy) is 2. The number of amides is 4. The van der Waals surface area contributed by atoms with E-state index in [1.54, 1.807) is 49.6 Å². The van der Waals surface area contributed by atoms with E-state index in [2.05, 4.69) is 21.3 Å². The van der Waals surface area contributed by atoms with Crippen molar-refractivity contribution in [2.24, 2.45) is 5.92 Å². The van der Waals surface area contributed by atoms with Crippen LogP contribution in [0.25, 0.3) is 33.4 Å². The number of aromatic nitrogens is 2. The summed E-state index contributed by atoms with van der Waals surface area (Å²) in [6, 6.07) is 21.7. The number of cyclic esters (lactones) is 1. The maximum Gasteiger partial charge on any atom is 0.355 e. The molecule has 15 nitrogen and oxygen atoms in total. The van der Waals surface area contributed by atoms with Gasteiger partial charge in [-0.25, -0.2) is 29.0 Å². The number of carbonyl (C=O) groups excluding carboxylic acids is 4. The first-order chi connectivity index (χ1) is 28.8. The molecule has 310 valence electrons. The Balaban J connectivity index is 1.06. The lowest BCUT2D eigenvalue weighted by Crippen LogP contribution is -2.56. The van der Waals surface area contributed by atoms with Crippen LogP contribution < -0.4 is 26.8 Å². The number of fused-ring (bicyclic) bond motifs is 5. The molecule has 3 atom stereocenters. The number of hydrogen-bond acceptors (Lipinski definition) is 9. The molecule has 2 aliphatic heterocycles. The van der Waals surface area contributed by atoms with Crippen molar-refractivity contribution in [3.63, 3.8) is 0 Å². The highest BCUT2D eigenvalue weighted by Crippen LogP contribution is 2.41. The first-order valence-corrected chi connectivity index (χ1v) is 19.9. The molecule has 0 aliphatic carbocycles. The molecule has 2 aromatic heterocycles. The minimum absolute atomic E-state index is 0.0752. The number of nitrogens with one attached hydrogen (secondary N) is 4. The van der Waals surface area contributed by atoms with Gasteiger partial charge in [0.1, 0.15) is 18.7 Å². The molecule has 4 heterocycles. The molecule has 0 saturated carbocycles. The molecule has 0 fully saturated rings. The number of pyridine rings is 2. The van der Waals surface area contributed by atoms with Gasteiger partial charge in [-0.15, -0.1) is 0 Å². The Morgan fingerprint density at radius 1 is 0.917 bits per heavy atom. The van der Waals surface area contributed by atoms with Crippen molar-refractivity contribution in [3.8, 4) is 22.5 Å². The fourth-order valence-electron chi connectivity index (χ4n) is 7.62. The van der Waals surface area contributed by atoms with Crippen LogP contribution in [0.15, 0.2) is 89.7 Å². The van der Waals surface area contributed by atoms with Gasteiger partial charge in [-0.2, -0.15) is 0 Å². The number of esters is 2. The zero-order valence-electron chi connectivity index (χ0n) is 33.7. The van der Waals surface area contributed by atoms with Crippen LogP contribution in [-0.4, -0.2) is 63.3 Å². The molecular weight excluding hydrogens is 769 g/mol. The zero-order valence-corrected chi connectivity index (χ0v) is 33.7. The van der Waals surface area contributed by atoms with E-state index < -0.39 is 53.1 Å². The first kappa shape index (κ1) is 41.1. The summed E-state index contributed by atoms with van der Waals surface area (Å²) >= 11 is 0. The van der Waals surface area contributed by atoms with Crippen LogP contribution >= 0.6 is 0 Å². The summed E-state index contributed by atoms with van der Waals surface area (Å²) in [7, 11) is 0. The summed E-state index contributed by atoms with van der Waals surface area (Å²) in [6.45, 7) is 7.43. The van der Waals surface area contributed by atoms with E-state index in [0.29, 0.717) is 29.2 Å². The lowest BCUT2D eigenvalue weighted by molar-refractivity contribution is -0.191. The third kappa shape index (κ3) is 8.15. The average Bonchev–Trinajstić information content (AvgIpc) is 3.59. The van der Waals surface area contributed by atoms with Crippen LogP contribution in [0.1, 0.15) is 62.8 Å². The minimum atomic E-state index is -2.01. The van der Waals surface area contributed by atoms with Gasteiger partial charge in [0.05, 0.1) is 29.0 Å². The zero-order chi connectivity index (χ0) is 42.7. The van der Waals surface area contributed by atoms with Gasteiger partial charge in [-0.3, -0.25) is 4.79 Å². The Bertz CT molecular complexity index is 2570. The second-order valence-electron chi connectivity index (χ2n) is 15.3. The lowest BCUT2D eigenvalue weighted by atomic mass is 9.85. The molecular formula is C45H46N6O9. The minimum Gasteiger partial charge on any atom is -0.480 e. The van der Waals surface area contributed by atoms with Crippen molar-refractivity contribution in [1.29, 1.82) is 0 Å². The Kier molecular flexibility index (Phi) is 11.7. The van der Waals surface area contributed by atoms with Crippen molar-refractivity contribution >= 4 is 46.6 Å². The van der Waals surface area contributed by atoms with E-state index in [-0.39, 0.29) is 43.2 Å². The number of urea groups is 2. The van der Waals surface area contributed by atoms with Gasteiger partial charge in [0.25, 0.3) is 5.56 Å². The molecule has 15 heteroatoms. The summed E-state index contributed by atoms with van der Waals surface area (Å²) in [5.74, 6) is -3.70. The summed E-state index contributed by atoms with van der Waals surface area (Å²) in [5, 5.41) is 21.6. The van der Waals surface area contributed by atoms with Crippen LogP contribution in [0.4, 0.5) is 15.3 Å². The number of hydrogen-bond donors (Lipinski definition) is 5. The van der Waals surface area contributed by atoms with Gasteiger partial charge < -0.3 is 40.4 Å². The smallest absolute Gasteiger partial charge is 0.355 e. The van der Waals surface area contributed by atoms with Gasteiger partial charge in [0.2, 0.25) is 5.60 Å². The summed E-state index contributed by atoms with van der Waals surface area (Å²) in [4.78, 5) is 84.4. The molecule has 2 aliphatic rings. The number of para-hydroxylation sites is 1. The van der Waals surface area contributed by atoms with Gasteiger partial charge in [0.15, 0.2) is 0 Å². The molecule has 5 N–H and O–H groups in total. The average molecular weight is 815 g/mol. The third-order valence-electron chi connectivity index (χ3n) is 10.9. The SMILES string of the molecule is CCCNC(=O)Nc1cccc(-c2ccc(CC(NC(=O)N[C@@H](C(=O)O[C@]3(CC)C(=O)OCc4c3cc3n(c4=O)Cc4cc5ccccc5nc4-3)C(C)C)C(=O)O)cc2)c1. The van der Waals surface area contributed by atoms with Gasteiger partial charge in [-0.1, -0.05) is 82.3 Å². The first-order valence-electron chi connectivity index (χ1n) is 19.9. The van der Waals surface area contributed by atoms with E-state index in [1.165, 1.54) is 0 Å². The highest BCUT2D eigenvalue weighted by atomic mass is 16.6. The van der Waals surface area contributed by atoms with Crippen LogP contribution in [0.2, 0.25) is 0 Å². The van der Waals surface area contributed by atoms with Crippen molar-refractivity contribution < 1.29 is 38.6 Å². The topological polar surface area (TPSA) is 207 Å². The number of anilines is 1. The van der Waals surface area contributed by atoms with E-state index >= 15 is 0 Å². The molecule has 7 rings (SSSR count). The molecule has 1 unspecified atom stereocenters. The number of rotatable bonds is 13. The van der Waals surface area contributed by atoms with E-state index in [0.717, 1.165) is 34.0 Å². The van der Waals surface area contributed by atoms with Crippen molar-refractivity contribution in [2.75, 3.05) is 11.9 Å². The number of carbonyl (C=O) groups is 5. The van der Waals surface area contributed by atoms with Gasteiger partial charge >= 0.3 is 30.0 Å². The number of aliphatic carboxylic acids is 1. The lowest BCUT2D eigenvalue weighted by Gasteiger charge is -2.37. The van der Waals surface area contributed by atoms with E-state index in [9.17, 15) is 33.9 Å². The highest BCUT2D eigenvalue weighted by Gasteiger charge is 2.51. The molecule has 0 saturated heterocycles. The van der Waals surface area contributed by atoms with Crippen LogP contribution in [0.3, 0.4) is 0 Å². The van der Waals surface area contributed by atoms with Crippen LogP contribution in [0.5, 0.6) is 0 Å². The Morgan fingerprint density at radius 2 is 1.68 bits per heavy atom. The number of carboxylic acid groups (broad SMARTS) is 1. The fraction of sp³-hybridized carbons (Fsp3) is 0.311. The summed E-state index contributed by atoms with van der Waals surface area (Å²) in [5.41, 5.74) is 3.46. The second kappa shape index (κ2) is 17.1. The molecule has 4 amide bonds. The predicted octanol–water partition coefficient (Wildman–Crippen LogP) is 5.85. The summed E-state index contributed by atoms with van der Waals surface area (Å²) in [6.07, 6.45) is 0.653. The maximum absolute atomic E-state index is 14.0. The van der Waals surface area contributed by atoms with Gasteiger partial charge in [0, 0.05) is 35.2 Å². The molecule has 0 radical (unpaired) electrons. The molecule has 3 aromatic carbocycles. The Labute approximate surface area is 345 Å². The maximum atomic E-state index is 14.0. The highest BCUT2D eigenvalue weighted by molar-refractivity contribution is 5.92. The number of benzene rings is 3. The van der Waals surface area contributed by atoms with Crippen LogP contribution in [0, 0.1) is 5.92 Å². The molecule has 60 heavy (non-hydrogen) atoms. The Morgan fingerprint density at radius 3 is 2.40 bits per heavy atom. The molecule has 0 spiro atoms. The number of nitrogens with zero attached hydrogens (tertiary/aromatic N) is 2. The second-order valence-corrected chi connectivity index (χ2v) is 15.3. The number of carboxylic acids is 1.